The summed E-state index contributed by atoms with van der Waals surface area (Å²) in [6.07, 6.45) is 5.08. The van der Waals surface area contributed by atoms with Gasteiger partial charge in [0.25, 0.3) is 0 Å². The Labute approximate surface area is 236 Å². The van der Waals surface area contributed by atoms with Crippen LogP contribution in [0.25, 0.3) is 11.3 Å². The zero-order chi connectivity index (χ0) is 27.2. The van der Waals surface area contributed by atoms with Gasteiger partial charge >= 0.3 is 0 Å². The van der Waals surface area contributed by atoms with Crippen molar-refractivity contribution in [1.29, 1.82) is 0 Å². The summed E-state index contributed by atoms with van der Waals surface area (Å²) >= 11 is 0. The van der Waals surface area contributed by atoms with Gasteiger partial charge in [-0.2, -0.15) is 4.39 Å². The van der Waals surface area contributed by atoms with E-state index < -0.39 is 38.8 Å². The summed E-state index contributed by atoms with van der Waals surface area (Å²) in [5.41, 5.74) is 0.899. The lowest BCUT2D eigenvalue weighted by molar-refractivity contribution is 0.407. The smallest absolute Gasteiger partial charge is 0.237 e. The summed E-state index contributed by atoms with van der Waals surface area (Å²) in [5, 5.41) is 6.63. The van der Waals surface area contributed by atoms with E-state index in [9.17, 15) is 12.8 Å². The maximum atomic E-state index is 15.0. The summed E-state index contributed by atoms with van der Waals surface area (Å²) < 4.78 is 62.7. The molecule has 9 nitrogen and oxygen atoms in total. The number of sulfonamides is 1. The molecule has 1 atom stereocenters. The fourth-order valence-corrected chi connectivity index (χ4v) is 5.39. The summed E-state index contributed by atoms with van der Waals surface area (Å²) in [7, 11) is -3.99. The quantitative estimate of drug-likeness (QED) is 0.246. The van der Waals surface area contributed by atoms with E-state index in [2.05, 4.69) is 30.3 Å². The third-order valence-electron chi connectivity index (χ3n) is 6.05. The lowest BCUT2D eigenvalue weighted by atomic mass is 10.1. The first-order valence-corrected chi connectivity index (χ1v) is 14.0. The van der Waals surface area contributed by atoms with Gasteiger partial charge in [0, 0.05) is 25.0 Å². The molecule has 0 aliphatic carbocycles. The van der Waals surface area contributed by atoms with Crippen LogP contribution in [-0.2, 0) is 15.8 Å². The Balaban J connectivity index is 0.00000370. The van der Waals surface area contributed by atoms with Crippen molar-refractivity contribution in [2.45, 2.75) is 24.6 Å². The SMILES string of the molecule is Cl.O=S(=O)(Cc1ccccc1)Nc1ccc(Oc2ncccc2-c2ccnc(N[C@H]3CCCNC3)n2)c(F)c1F. The van der Waals surface area contributed by atoms with Gasteiger partial charge in [-0.15, -0.1) is 12.4 Å². The van der Waals surface area contributed by atoms with Gasteiger partial charge in [-0.05, 0) is 55.3 Å². The van der Waals surface area contributed by atoms with E-state index >= 15 is 4.39 Å². The standard InChI is InChI=1S/C27H26F2N6O3S.ClH/c28-24-22(35-39(36,37)17-18-6-2-1-3-7-18)10-11-23(25(24)29)38-26-20(9-5-14-31-26)21-12-15-32-27(34-21)33-19-8-4-13-30-16-19;/h1-3,5-7,9-12,14-15,19,30,35H,4,8,13,16-17H2,(H,32,33,34);1H/t19-;/m0./s1. The van der Waals surface area contributed by atoms with Gasteiger partial charge in [0.2, 0.25) is 27.7 Å². The lowest BCUT2D eigenvalue weighted by Gasteiger charge is -2.23. The Morgan fingerprint density at radius 2 is 1.80 bits per heavy atom. The highest BCUT2D eigenvalue weighted by Crippen LogP contribution is 2.34. The Bertz CT molecular complexity index is 1560. The zero-order valence-electron chi connectivity index (χ0n) is 21.2. The number of nitrogens with zero attached hydrogens (tertiary/aromatic N) is 3. The van der Waals surface area contributed by atoms with E-state index in [4.69, 9.17) is 4.74 Å². The number of anilines is 2. The number of nitrogens with one attached hydrogen (secondary N) is 3. The number of piperidine rings is 1. The molecule has 210 valence electrons. The Hall–Kier alpha value is -3.87. The van der Waals surface area contributed by atoms with Crippen molar-refractivity contribution in [3.63, 3.8) is 0 Å². The van der Waals surface area contributed by atoms with Crippen LogP contribution in [0.4, 0.5) is 20.4 Å². The third-order valence-corrected chi connectivity index (χ3v) is 7.30. The second-order valence-electron chi connectivity index (χ2n) is 9.00. The maximum Gasteiger partial charge on any atom is 0.237 e. The molecule has 3 N–H and O–H groups in total. The molecule has 2 aromatic heterocycles. The molecule has 1 aliphatic rings. The zero-order valence-corrected chi connectivity index (χ0v) is 22.8. The van der Waals surface area contributed by atoms with Crippen LogP contribution in [0.5, 0.6) is 11.6 Å². The second kappa shape index (κ2) is 13.0. The van der Waals surface area contributed by atoms with Crippen LogP contribution < -0.4 is 20.1 Å². The van der Waals surface area contributed by atoms with E-state index in [1.807, 2.05) is 0 Å². The Morgan fingerprint density at radius 1 is 0.975 bits per heavy atom. The second-order valence-corrected chi connectivity index (χ2v) is 10.7. The van der Waals surface area contributed by atoms with Crippen molar-refractivity contribution in [2.75, 3.05) is 23.1 Å². The van der Waals surface area contributed by atoms with Crippen LogP contribution in [0, 0.1) is 11.6 Å². The average Bonchev–Trinajstić information content (AvgIpc) is 2.94. The summed E-state index contributed by atoms with van der Waals surface area (Å²) in [6, 6.07) is 15.8. The van der Waals surface area contributed by atoms with Gasteiger partial charge < -0.3 is 15.4 Å². The van der Waals surface area contributed by atoms with E-state index in [-0.39, 0.29) is 24.3 Å². The van der Waals surface area contributed by atoms with Gasteiger partial charge in [-0.1, -0.05) is 30.3 Å². The van der Waals surface area contributed by atoms with E-state index in [1.165, 1.54) is 6.20 Å². The highest BCUT2D eigenvalue weighted by atomic mass is 35.5. The normalized spacial score (nSPS) is 15.1. The molecule has 0 radical (unpaired) electrons. The van der Waals surface area contributed by atoms with Crippen LogP contribution in [-0.4, -0.2) is 42.5 Å². The molecule has 1 fully saturated rings. The van der Waals surface area contributed by atoms with Crippen LogP contribution in [0.3, 0.4) is 0 Å². The predicted octanol–water partition coefficient (Wildman–Crippen LogP) is 5.14. The lowest BCUT2D eigenvalue weighted by Crippen LogP contribution is -2.38. The number of hydrogen-bond donors (Lipinski definition) is 3. The van der Waals surface area contributed by atoms with Crippen LogP contribution >= 0.6 is 12.4 Å². The largest absolute Gasteiger partial charge is 0.435 e. The minimum Gasteiger partial charge on any atom is -0.435 e. The van der Waals surface area contributed by atoms with Gasteiger partial charge in [-0.25, -0.2) is 27.8 Å². The van der Waals surface area contributed by atoms with Crippen molar-refractivity contribution < 1.29 is 21.9 Å². The molecule has 13 heteroatoms. The fraction of sp³-hybridized carbons (Fsp3) is 0.222. The molecule has 4 aromatic rings. The number of halogens is 3. The maximum absolute atomic E-state index is 15.0. The molecule has 40 heavy (non-hydrogen) atoms. The number of rotatable bonds is 9. The van der Waals surface area contributed by atoms with Crippen molar-refractivity contribution in [3.8, 4) is 22.9 Å². The van der Waals surface area contributed by atoms with Gasteiger partial charge in [-0.3, -0.25) is 4.72 Å². The van der Waals surface area contributed by atoms with Gasteiger partial charge in [0.15, 0.2) is 11.6 Å². The number of hydrogen-bond acceptors (Lipinski definition) is 8. The molecule has 0 unspecified atom stereocenters. The minimum absolute atomic E-state index is 0. The number of ether oxygens (including phenoxy) is 1. The van der Waals surface area contributed by atoms with E-state index in [0.29, 0.717) is 22.8 Å². The number of aromatic nitrogens is 3. The highest BCUT2D eigenvalue weighted by Gasteiger charge is 2.21. The van der Waals surface area contributed by atoms with Crippen molar-refractivity contribution in [3.05, 3.63) is 90.3 Å². The summed E-state index contributed by atoms with van der Waals surface area (Å²) in [4.78, 5) is 13.0. The molecule has 0 bridgehead atoms. The predicted molar refractivity (Wildman–Crippen MR) is 151 cm³/mol. The van der Waals surface area contributed by atoms with Crippen molar-refractivity contribution in [1.82, 2.24) is 20.3 Å². The van der Waals surface area contributed by atoms with Crippen molar-refractivity contribution in [2.24, 2.45) is 0 Å². The summed E-state index contributed by atoms with van der Waals surface area (Å²) in [5.74, 6) is -3.17. The number of pyridine rings is 1. The molecule has 0 spiro atoms. The van der Waals surface area contributed by atoms with Crippen LogP contribution in [0.1, 0.15) is 18.4 Å². The topological polar surface area (TPSA) is 118 Å². The van der Waals surface area contributed by atoms with Crippen molar-refractivity contribution >= 4 is 34.1 Å². The third kappa shape index (κ3) is 7.20. The Morgan fingerprint density at radius 3 is 2.58 bits per heavy atom. The van der Waals surface area contributed by atoms with Crippen LogP contribution in [0.2, 0.25) is 0 Å². The van der Waals surface area contributed by atoms with Crippen LogP contribution in [0.15, 0.2) is 73.1 Å². The van der Waals surface area contributed by atoms with E-state index in [1.54, 1.807) is 54.7 Å². The monoisotopic (exact) mass is 588 g/mol. The molecular formula is C27H27ClF2N6O3S. The van der Waals surface area contributed by atoms with Gasteiger partial charge in [0.05, 0.1) is 22.7 Å². The van der Waals surface area contributed by atoms with Gasteiger partial charge in [0.1, 0.15) is 0 Å². The summed E-state index contributed by atoms with van der Waals surface area (Å²) in [6.45, 7) is 1.78. The molecule has 0 amide bonds. The number of benzene rings is 2. The first-order valence-electron chi connectivity index (χ1n) is 12.3. The highest BCUT2D eigenvalue weighted by molar-refractivity contribution is 7.91. The van der Waals surface area contributed by atoms with E-state index in [0.717, 1.165) is 38.1 Å². The Kier molecular flexibility index (Phi) is 9.46. The first kappa shape index (κ1) is 29.1. The molecule has 0 saturated carbocycles. The molecule has 3 heterocycles. The molecule has 2 aromatic carbocycles. The first-order chi connectivity index (χ1) is 18.9. The molecule has 1 saturated heterocycles. The molecular weight excluding hydrogens is 562 g/mol. The molecule has 5 rings (SSSR count). The molecule has 1 aliphatic heterocycles. The average molecular weight is 589 g/mol. The minimum atomic E-state index is -3.99. The fourth-order valence-electron chi connectivity index (χ4n) is 4.19.